The SMILES string of the molecule is CCC=C1C=CC(c2cccc3c2Cc2ccccc2-3)=[C]1[Zr+2].[Cl-].[Cl-]. The molecule has 0 saturated heterocycles. The number of rotatable bonds is 2. The molecule has 0 aliphatic heterocycles. The Hall–Kier alpha value is -0.877. The Bertz CT molecular complexity index is 860. The van der Waals surface area contributed by atoms with E-state index in [1.165, 1.54) is 67.0 Å². The number of hydrogen-bond acceptors (Lipinski definition) is 0. The molecule has 0 spiro atoms. The van der Waals surface area contributed by atoms with E-state index in [-0.39, 0.29) is 24.8 Å². The van der Waals surface area contributed by atoms with Gasteiger partial charge in [-0.15, -0.1) is 0 Å². The molecular formula is C21H17Cl2Zr. The molecule has 0 radical (unpaired) electrons. The van der Waals surface area contributed by atoms with Crippen molar-refractivity contribution in [2.45, 2.75) is 19.8 Å². The van der Waals surface area contributed by atoms with Crippen molar-refractivity contribution in [2.24, 2.45) is 0 Å². The van der Waals surface area contributed by atoms with E-state index in [2.05, 4.69) is 67.6 Å². The molecular weight excluding hydrogens is 414 g/mol. The summed E-state index contributed by atoms with van der Waals surface area (Å²) in [4.78, 5) is 0. The van der Waals surface area contributed by atoms with E-state index in [1.807, 2.05) is 0 Å². The summed E-state index contributed by atoms with van der Waals surface area (Å²) >= 11 is 1.50. The average Bonchev–Trinajstić information content (AvgIpc) is 3.09. The molecule has 0 amide bonds. The fourth-order valence-electron chi connectivity index (χ4n) is 3.52. The van der Waals surface area contributed by atoms with Gasteiger partial charge >= 0.3 is 147 Å². The van der Waals surface area contributed by atoms with Gasteiger partial charge in [0.15, 0.2) is 0 Å². The fraction of sp³-hybridized carbons (Fsp3) is 0.143. The summed E-state index contributed by atoms with van der Waals surface area (Å²) in [7, 11) is 0. The quantitative estimate of drug-likeness (QED) is 0.510. The molecule has 0 atom stereocenters. The molecule has 0 nitrogen and oxygen atoms in total. The third kappa shape index (κ3) is 3.15. The Kier molecular flexibility index (Phi) is 6.48. The zero-order valence-electron chi connectivity index (χ0n) is 13.4. The van der Waals surface area contributed by atoms with Crippen LogP contribution in [0.25, 0.3) is 16.7 Å². The summed E-state index contributed by atoms with van der Waals surface area (Å²) in [6.45, 7) is 2.21. The molecule has 3 heteroatoms. The van der Waals surface area contributed by atoms with Crippen LogP contribution in [0.5, 0.6) is 0 Å². The van der Waals surface area contributed by atoms with Crippen LogP contribution in [0, 0.1) is 0 Å². The number of hydrogen-bond donors (Lipinski definition) is 0. The first-order chi connectivity index (χ1) is 10.8. The second kappa shape index (κ2) is 8.00. The van der Waals surface area contributed by atoms with Crippen LogP contribution in [0.2, 0.25) is 0 Å². The van der Waals surface area contributed by atoms with Gasteiger partial charge in [-0.25, -0.2) is 0 Å². The molecule has 0 unspecified atom stereocenters. The number of benzene rings is 2. The average molecular weight is 431 g/mol. The molecule has 0 heterocycles. The minimum Gasteiger partial charge on any atom is -1.00 e. The Balaban J connectivity index is 0.00000104. The molecule has 2 aliphatic rings. The first-order valence-electron chi connectivity index (χ1n) is 7.84. The molecule has 2 aromatic rings. The number of allylic oxidation sites excluding steroid dienone is 6. The van der Waals surface area contributed by atoms with E-state index in [0.29, 0.717) is 0 Å². The maximum absolute atomic E-state index is 2.34. The van der Waals surface area contributed by atoms with Gasteiger partial charge in [0.2, 0.25) is 0 Å². The molecule has 0 N–H and O–H groups in total. The van der Waals surface area contributed by atoms with Gasteiger partial charge in [0, 0.05) is 0 Å². The van der Waals surface area contributed by atoms with E-state index in [9.17, 15) is 0 Å². The summed E-state index contributed by atoms with van der Waals surface area (Å²) in [6.07, 6.45) is 9.10. The van der Waals surface area contributed by atoms with Crippen molar-refractivity contribution in [2.75, 3.05) is 0 Å². The monoisotopic (exact) mass is 429 g/mol. The molecule has 0 saturated carbocycles. The van der Waals surface area contributed by atoms with E-state index in [0.717, 1.165) is 12.8 Å². The van der Waals surface area contributed by atoms with Gasteiger partial charge in [-0.05, 0) is 0 Å². The second-order valence-corrected chi connectivity index (χ2v) is 7.08. The summed E-state index contributed by atoms with van der Waals surface area (Å²) in [5.74, 6) is 0. The Morgan fingerprint density at radius 3 is 2.42 bits per heavy atom. The Morgan fingerprint density at radius 2 is 1.62 bits per heavy atom. The van der Waals surface area contributed by atoms with Gasteiger partial charge in [-0.2, -0.15) is 0 Å². The second-order valence-electron chi connectivity index (χ2n) is 5.86. The molecule has 0 aromatic heterocycles. The molecule has 2 aromatic carbocycles. The fourth-order valence-corrected chi connectivity index (χ4v) is 4.51. The zero-order chi connectivity index (χ0) is 15.1. The van der Waals surface area contributed by atoms with Crippen LogP contribution in [0.15, 0.2) is 69.5 Å². The van der Waals surface area contributed by atoms with Gasteiger partial charge in [0.1, 0.15) is 0 Å². The normalized spacial score (nSPS) is 15.9. The van der Waals surface area contributed by atoms with Gasteiger partial charge in [0.05, 0.1) is 0 Å². The van der Waals surface area contributed by atoms with Crippen molar-refractivity contribution in [1.29, 1.82) is 0 Å². The molecule has 0 bridgehead atoms. The number of fused-ring (bicyclic) bond motifs is 3. The van der Waals surface area contributed by atoms with Crippen molar-refractivity contribution >= 4 is 5.57 Å². The third-order valence-corrected chi connectivity index (χ3v) is 5.92. The van der Waals surface area contributed by atoms with Crippen molar-refractivity contribution in [3.8, 4) is 11.1 Å². The van der Waals surface area contributed by atoms with Gasteiger partial charge in [-0.1, -0.05) is 0 Å². The smallest absolute Gasteiger partial charge is 1.00 e. The van der Waals surface area contributed by atoms with Crippen LogP contribution >= 0.6 is 0 Å². The summed E-state index contributed by atoms with van der Waals surface area (Å²) in [6, 6.07) is 15.6. The molecule has 0 fully saturated rings. The van der Waals surface area contributed by atoms with Gasteiger partial charge < -0.3 is 24.8 Å². The summed E-state index contributed by atoms with van der Waals surface area (Å²) < 4.78 is 1.50. The third-order valence-electron chi connectivity index (χ3n) is 4.55. The zero-order valence-corrected chi connectivity index (χ0v) is 17.4. The van der Waals surface area contributed by atoms with E-state index in [1.54, 1.807) is 0 Å². The van der Waals surface area contributed by atoms with Crippen LogP contribution in [0.4, 0.5) is 0 Å². The molecule has 4 rings (SSSR count). The predicted octanol–water partition coefficient (Wildman–Crippen LogP) is -0.570. The maximum atomic E-state index is 2.34. The van der Waals surface area contributed by atoms with Crippen LogP contribution in [0.3, 0.4) is 0 Å². The molecule has 119 valence electrons. The van der Waals surface area contributed by atoms with Crippen molar-refractivity contribution in [1.82, 2.24) is 0 Å². The van der Waals surface area contributed by atoms with Crippen LogP contribution in [0.1, 0.15) is 30.0 Å². The van der Waals surface area contributed by atoms with Crippen molar-refractivity contribution < 1.29 is 49.5 Å². The molecule has 24 heavy (non-hydrogen) atoms. The number of halogens is 2. The van der Waals surface area contributed by atoms with Crippen molar-refractivity contribution in [3.05, 3.63) is 86.2 Å². The predicted molar refractivity (Wildman–Crippen MR) is 89.1 cm³/mol. The Labute approximate surface area is 171 Å². The van der Waals surface area contributed by atoms with E-state index >= 15 is 0 Å². The first-order valence-corrected chi connectivity index (χ1v) is 9.07. The molecule has 2 aliphatic carbocycles. The first kappa shape index (κ1) is 19.4. The maximum Gasteiger partial charge on any atom is -1.00 e. The van der Waals surface area contributed by atoms with Crippen LogP contribution in [-0.2, 0) is 31.1 Å². The van der Waals surface area contributed by atoms with Crippen LogP contribution in [-0.4, -0.2) is 0 Å². The standard InChI is InChI=1S/C21H17.2ClH.Zr/c1-2-6-15-11-12-17(13-15)19-9-5-10-20-18-8-4-3-7-16(18)14-21(19)20;;;/h3-12H,2,14H2,1H3;2*1H;/q;;;+2/p-2. The van der Waals surface area contributed by atoms with Crippen molar-refractivity contribution in [3.63, 3.8) is 0 Å². The Morgan fingerprint density at radius 1 is 0.917 bits per heavy atom. The topological polar surface area (TPSA) is 0 Å². The van der Waals surface area contributed by atoms with E-state index in [4.69, 9.17) is 0 Å². The largest absolute Gasteiger partial charge is 1.00 e. The van der Waals surface area contributed by atoms with Gasteiger partial charge in [0.25, 0.3) is 0 Å². The van der Waals surface area contributed by atoms with Gasteiger partial charge in [-0.3, -0.25) is 0 Å². The minimum atomic E-state index is 0. The minimum absolute atomic E-state index is 0. The summed E-state index contributed by atoms with van der Waals surface area (Å²) in [5.41, 5.74) is 10.1. The summed E-state index contributed by atoms with van der Waals surface area (Å²) in [5, 5.41) is 0. The van der Waals surface area contributed by atoms with E-state index < -0.39 is 0 Å². The van der Waals surface area contributed by atoms with Crippen LogP contribution < -0.4 is 24.8 Å².